The maximum absolute atomic E-state index is 11.3. The van der Waals surface area contributed by atoms with Gasteiger partial charge >= 0.3 is 11.7 Å². The molecule has 7 nitrogen and oxygen atoms in total. The number of carboxylic acid groups (broad SMARTS) is 1. The molecular weight excluding hydrogens is 262 g/mol. The number of rotatable bonds is 3. The minimum Gasteiger partial charge on any atom is -0.481 e. The van der Waals surface area contributed by atoms with Crippen LogP contribution in [0.15, 0.2) is 30.5 Å². The van der Waals surface area contributed by atoms with Crippen molar-refractivity contribution in [2.75, 3.05) is 18.0 Å². The number of aromatic nitrogens is 1. The summed E-state index contributed by atoms with van der Waals surface area (Å²) < 4.78 is 0. The monoisotopic (exact) mass is 273 g/mol. The van der Waals surface area contributed by atoms with Crippen LogP contribution in [0, 0.1) is 16.0 Å². The molecule has 0 unspecified atom stereocenters. The van der Waals surface area contributed by atoms with Gasteiger partial charge in [0.05, 0.1) is 21.7 Å². The van der Waals surface area contributed by atoms with Crippen molar-refractivity contribution < 1.29 is 14.8 Å². The lowest BCUT2D eigenvalue weighted by Gasteiger charge is -2.38. The van der Waals surface area contributed by atoms with E-state index in [0.717, 1.165) is 0 Å². The lowest BCUT2D eigenvalue weighted by Crippen LogP contribution is -2.50. The SMILES string of the molecule is O=C(O)C1CN(c2ccc3ncccc3c2[N+](=O)[O-])C1. The van der Waals surface area contributed by atoms with Crippen molar-refractivity contribution >= 4 is 28.2 Å². The Bertz CT molecular complexity index is 710. The lowest BCUT2D eigenvalue weighted by atomic mass is 9.98. The van der Waals surface area contributed by atoms with Gasteiger partial charge in [-0.1, -0.05) is 0 Å². The third-order valence-corrected chi connectivity index (χ3v) is 3.49. The van der Waals surface area contributed by atoms with Gasteiger partial charge in [0, 0.05) is 19.3 Å². The topological polar surface area (TPSA) is 96.6 Å². The molecule has 2 aromatic rings. The number of hydrogen-bond acceptors (Lipinski definition) is 5. The van der Waals surface area contributed by atoms with E-state index in [-0.39, 0.29) is 5.69 Å². The van der Waals surface area contributed by atoms with Gasteiger partial charge in [-0.3, -0.25) is 19.9 Å². The predicted molar refractivity (Wildman–Crippen MR) is 71.7 cm³/mol. The Kier molecular flexibility index (Phi) is 2.74. The second kappa shape index (κ2) is 4.44. The van der Waals surface area contributed by atoms with Gasteiger partial charge in [0.1, 0.15) is 5.69 Å². The molecule has 1 aromatic carbocycles. The van der Waals surface area contributed by atoms with Gasteiger partial charge in [-0.2, -0.15) is 0 Å². The van der Waals surface area contributed by atoms with Crippen molar-refractivity contribution in [2.45, 2.75) is 0 Å². The first kappa shape index (κ1) is 12.3. The molecule has 0 amide bonds. The van der Waals surface area contributed by atoms with Crippen LogP contribution in [-0.4, -0.2) is 34.1 Å². The highest BCUT2D eigenvalue weighted by atomic mass is 16.6. The van der Waals surface area contributed by atoms with E-state index in [1.807, 2.05) is 0 Å². The molecule has 1 saturated heterocycles. The fourth-order valence-electron chi connectivity index (χ4n) is 2.40. The highest BCUT2D eigenvalue weighted by Crippen LogP contribution is 2.38. The standard InChI is InChI=1S/C13H11N3O4/c17-13(18)8-6-15(7-8)11-4-3-10-9(2-1-5-14-10)12(11)16(19)20/h1-5,8H,6-7H2,(H,17,18). The molecule has 0 spiro atoms. The summed E-state index contributed by atoms with van der Waals surface area (Å²) in [6.45, 7) is 0.587. The minimum atomic E-state index is -0.869. The molecule has 20 heavy (non-hydrogen) atoms. The number of hydrogen-bond donors (Lipinski definition) is 1. The smallest absolute Gasteiger partial charge is 0.310 e. The van der Waals surface area contributed by atoms with E-state index in [1.54, 1.807) is 35.4 Å². The average Bonchev–Trinajstić information content (AvgIpc) is 2.35. The molecule has 1 N–H and O–H groups in total. The molecule has 1 aliphatic heterocycles. The predicted octanol–water partition coefficient (Wildman–Crippen LogP) is 1.66. The molecule has 102 valence electrons. The van der Waals surface area contributed by atoms with Crippen molar-refractivity contribution in [3.63, 3.8) is 0 Å². The zero-order valence-corrected chi connectivity index (χ0v) is 10.4. The van der Waals surface area contributed by atoms with E-state index >= 15 is 0 Å². The fraction of sp³-hybridized carbons (Fsp3) is 0.231. The highest BCUT2D eigenvalue weighted by Gasteiger charge is 2.36. The summed E-state index contributed by atoms with van der Waals surface area (Å²) in [7, 11) is 0. The van der Waals surface area contributed by atoms with Gasteiger partial charge in [-0.25, -0.2) is 0 Å². The van der Waals surface area contributed by atoms with E-state index < -0.39 is 16.8 Å². The van der Waals surface area contributed by atoms with Crippen LogP contribution >= 0.6 is 0 Å². The molecule has 0 radical (unpaired) electrons. The summed E-state index contributed by atoms with van der Waals surface area (Å²) in [6.07, 6.45) is 1.58. The largest absolute Gasteiger partial charge is 0.481 e. The van der Waals surface area contributed by atoms with Crippen LogP contribution in [0.4, 0.5) is 11.4 Å². The third kappa shape index (κ3) is 1.83. The molecule has 0 atom stereocenters. The first-order valence-electron chi connectivity index (χ1n) is 6.08. The van der Waals surface area contributed by atoms with Gasteiger partial charge in [0.25, 0.3) is 0 Å². The summed E-state index contributed by atoms with van der Waals surface area (Å²) in [6, 6.07) is 6.64. The van der Waals surface area contributed by atoms with E-state index in [9.17, 15) is 14.9 Å². The number of nitrogens with zero attached hydrogens (tertiary/aromatic N) is 3. The number of fused-ring (bicyclic) bond motifs is 1. The van der Waals surface area contributed by atoms with Crippen molar-refractivity contribution in [1.29, 1.82) is 0 Å². The summed E-state index contributed by atoms with van der Waals surface area (Å²) in [5, 5.41) is 20.7. The van der Waals surface area contributed by atoms with Crippen molar-refractivity contribution in [3.05, 3.63) is 40.6 Å². The van der Waals surface area contributed by atoms with Gasteiger partial charge in [-0.05, 0) is 24.3 Å². The van der Waals surface area contributed by atoms with Crippen LogP contribution in [0.25, 0.3) is 10.9 Å². The van der Waals surface area contributed by atoms with Crippen LogP contribution < -0.4 is 4.90 Å². The van der Waals surface area contributed by atoms with Crippen molar-refractivity contribution in [1.82, 2.24) is 4.98 Å². The van der Waals surface area contributed by atoms with Crippen LogP contribution in [0.3, 0.4) is 0 Å². The van der Waals surface area contributed by atoms with E-state index in [4.69, 9.17) is 5.11 Å². The molecule has 0 saturated carbocycles. The third-order valence-electron chi connectivity index (χ3n) is 3.49. The van der Waals surface area contributed by atoms with Crippen molar-refractivity contribution in [3.8, 4) is 0 Å². The second-order valence-electron chi connectivity index (χ2n) is 4.70. The quantitative estimate of drug-likeness (QED) is 0.674. The number of pyridine rings is 1. The second-order valence-corrected chi connectivity index (χ2v) is 4.70. The van der Waals surface area contributed by atoms with Crippen LogP contribution in [0.5, 0.6) is 0 Å². The van der Waals surface area contributed by atoms with Gasteiger partial charge < -0.3 is 10.0 Å². The number of benzene rings is 1. The summed E-state index contributed by atoms with van der Waals surface area (Å²) in [4.78, 5) is 27.5. The normalized spacial score (nSPS) is 15.1. The van der Waals surface area contributed by atoms with Crippen molar-refractivity contribution in [2.24, 2.45) is 5.92 Å². The first-order valence-corrected chi connectivity index (χ1v) is 6.08. The van der Waals surface area contributed by atoms with Crippen LogP contribution in [0.2, 0.25) is 0 Å². The zero-order chi connectivity index (χ0) is 14.3. The number of nitro benzene ring substituents is 1. The fourth-order valence-corrected chi connectivity index (χ4v) is 2.40. The van der Waals surface area contributed by atoms with E-state index in [2.05, 4.69) is 4.98 Å². The van der Waals surface area contributed by atoms with Gasteiger partial charge in [-0.15, -0.1) is 0 Å². The number of nitro groups is 1. The summed E-state index contributed by atoms with van der Waals surface area (Å²) in [5.41, 5.74) is 0.991. The average molecular weight is 273 g/mol. The molecule has 0 bridgehead atoms. The van der Waals surface area contributed by atoms with Gasteiger partial charge in [0.15, 0.2) is 0 Å². The minimum absolute atomic E-state index is 0.0144. The Morgan fingerprint density at radius 3 is 2.80 bits per heavy atom. The molecule has 0 aliphatic carbocycles. The Morgan fingerprint density at radius 2 is 2.15 bits per heavy atom. The van der Waals surface area contributed by atoms with E-state index in [1.165, 1.54) is 0 Å². The summed E-state index contributed by atoms with van der Waals surface area (Å²) in [5.74, 6) is -1.33. The zero-order valence-electron chi connectivity index (χ0n) is 10.4. The Balaban J connectivity index is 2.06. The Labute approximate surface area is 113 Å². The number of aliphatic carboxylic acids is 1. The molecule has 1 aromatic heterocycles. The van der Waals surface area contributed by atoms with Crippen LogP contribution in [-0.2, 0) is 4.79 Å². The molecule has 1 fully saturated rings. The Morgan fingerprint density at radius 1 is 1.40 bits per heavy atom. The molecular formula is C13H11N3O4. The number of carboxylic acids is 1. The molecule has 2 heterocycles. The van der Waals surface area contributed by atoms with Gasteiger partial charge in [0.2, 0.25) is 0 Å². The summed E-state index contributed by atoms with van der Waals surface area (Å²) >= 11 is 0. The maximum atomic E-state index is 11.3. The van der Waals surface area contributed by atoms with Crippen LogP contribution in [0.1, 0.15) is 0 Å². The van der Waals surface area contributed by atoms with E-state index in [0.29, 0.717) is 29.7 Å². The maximum Gasteiger partial charge on any atom is 0.310 e. The first-order chi connectivity index (χ1) is 9.58. The highest BCUT2D eigenvalue weighted by molar-refractivity contribution is 5.95. The molecule has 1 aliphatic rings. The Hall–Kier alpha value is -2.70. The molecule has 3 rings (SSSR count). The number of carbonyl (C=O) groups is 1. The lowest BCUT2D eigenvalue weighted by molar-refractivity contribution is -0.382. The molecule has 7 heteroatoms. The number of anilines is 1.